The van der Waals surface area contributed by atoms with Crippen LogP contribution in [0.5, 0.6) is 0 Å². The van der Waals surface area contributed by atoms with Crippen LogP contribution in [0, 0.1) is 0 Å². The fourth-order valence-electron chi connectivity index (χ4n) is 1.47. The Morgan fingerprint density at radius 3 is 2.94 bits per heavy atom. The van der Waals surface area contributed by atoms with Crippen LogP contribution in [0.25, 0.3) is 9.40 Å². The molecule has 0 unspecified atom stereocenters. The third-order valence-corrected chi connectivity index (χ3v) is 5.12. The molecule has 0 fully saturated rings. The van der Waals surface area contributed by atoms with E-state index in [1.54, 1.807) is 28.9 Å². The van der Waals surface area contributed by atoms with E-state index in [0.717, 1.165) is 9.88 Å². The van der Waals surface area contributed by atoms with Crippen molar-refractivity contribution in [2.45, 2.75) is 6.42 Å². The van der Waals surface area contributed by atoms with E-state index in [1.165, 1.54) is 20.7 Å². The molecule has 3 aromatic rings. The Labute approximate surface area is 104 Å². The Bertz CT molecular complexity index is 592. The summed E-state index contributed by atoms with van der Waals surface area (Å²) < 4.78 is 2.40. The Balaban J connectivity index is 1.87. The molecule has 16 heavy (non-hydrogen) atoms. The van der Waals surface area contributed by atoms with Gasteiger partial charge in [0.25, 0.3) is 0 Å². The van der Waals surface area contributed by atoms with Crippen molar-refractivity contribution in [2.75, 3.05) is 0 Å². The van der Waals surface area contributed by atoms with Crippen molar-refractivity contribution in [3.8, 4) is 0 Å². The summed E-state index contributed by atoms with van der Waals surface area (Å²) in [6.07, 6.45) is 2.16. The fourth-order valence-corrected chi connectivity index (χ4v) is 4.13. The number of fused-ring (bicyclic) bond motifs is 1. The van der Waals surface area contributed by atoms with Crippen LogP contribution >= 0.6 is 34.0 Å². The topological polar surface area (TPSA) is 30.0 Å². The molecule has 0 saturated carbocycles. The maximum absolute atomic E-state index is 12.0. The molecule has 0 atom stereocenters. The van der Waals surface area contributed by atoms with Crippen molar-refractivity contribution in [3.05, 3.63) is 39.0 Å². The van der Waals surface area contributed by atoms with Crippen LogP contribution in [0.2, 0.25) is 0 Å². The van der Waals surface area contributed by atoms with E-state index in [-0.39, 0.29) is 5.78 Å². The highest BCUT2D eigenvalue weighted by molar-refractivity contribution is 7.27. The van der Waals surface area contributed by atoms with Crippen LogP contribution in [0.4, 0.5) is 0 Å². The molecule has 0 bridgehead atoms. The minimum Gasteiger partial charge on any atom is -0.293 e. The number of carbonyl (C=O) groups is 1. The van der Waals surface area contributed by atoms with Crippen LogP contribution in [0.3, 0.4) is 0 Å². The predicted molar refractivity (Wildman–Crippen MR) is 69.9 cm³/mol. The number of aromatic nitrogens is 1. The molecule has 0 spiro atoms. The van der Waals surface area contributed by atoms with E-state index >= 15 is 0 Å². The van der Waals surface area contributed by atoms with Gasteiger partial charge in [0, 0.05) is 21.0 Å². The first-order valence-electron chi connectivity index (χ1n) is 4.71. The Morgan fingerprint density at radius 2 is 2.19 bits per heavy atom. The Morgan fingerprint density at radius 1 is 1.25 bits per heavy atom. The minimum atomic E-state index is 0.170. The summed E-state index contributed by atoms with van der Waals surface area (Å²) in [5.41, 5.74) is 0. The lowest BCUT2D eigenvalue weighted by Gasteiger charge is -1.92. The van der Waals surface area contributed by atoms with E-state index < -0.39 is 0 Å². The molecule has 0 aromatic carbocycles. The summed E-state index contributed by atoms with van der Waals surface area (Å²) in [4.78, 5) is 16.9. The van der Waals surface area contributed by atoms with Crippen LogP contribution in [-0.2, 0) is 6.42 Å². The fraction of sp³-hybridized carbons (Fsp3) is 0.0909. The molecule has 80 valence electrons. The normalized spacial score (nSPS) is 11.0. The van der Waals surface area contributed by atoms with Crippen molar-refractivity contribution in [3.63, 3.8) is 0 Å². The van der Waals surface area contributed by atoms with Gasteiger partial charge in [0.05, 0.1) is 11.3 Å². The molecule has 0 saturated heterocycles. The van der Waals surface area contributed by atoms with Crippen molar-refractivity contribution in [1.29, 1.82) is 0 Å². The molecule has 0 radical (unpaired) electrons. The summed E-state index contributed by atoms with van der Waals surface area (Å²) in [6, 6.07) is 4.05. The quantitative estimate of drug-likeness (QED) is 0.673. The molecule has 2 nitrogen and oxygen atoms in total. The second-order valence-electron chi connectivity index (χ2n) is 3.29. The lowest BCUT2D eigenvalue weighted by molar-refractivity contribution is 0.0997. The third-order valence-electron chi connectivity index (χ3n) is 2.21. The second kappa shape index (κ2) is 4.08. The molecule has 0 N–H and O–H groups in total. The molecular formula is C11H7NOS3. The number of thiophene rings is 2. The molecule has 0 aliphatic carbocycles. The molecule has 0 aliphatic rings. The highest BCUT2D eigenvalue weighted by Crippen LogP contribution is 2.30. The molecular weight excluding hydrogens is 258 g/mol. The highest BCUT2D eigenvalue weighted by Gasteiger charge is 2.12. The van der Waals surface area contributed by atoms with E-state index in [4.69, 9.17) is 0 Å². The molecule has 0 aliphatic heterocycles. The van der Waals surface area contributed by atoms with Crippen LogP contribution in [-0.4, -0.2) is 10.8 Å². The Kier molecular flexibility index (Phi) is 2.59. The summed E-state index contributed by atoms with van der Waals surface area (Å²) in [5.74, 6) is 0.170. The molecule has 3 heterocycles. The predicted octanol–water partition coefficient (Wildman–Crippen LogP) is 3.84. The molecule has 5 heteroatoms. The van der Waals surface area contributed by atoms with Crippen LogP contribution in [0.15, 0.2) is 29.1 Å². The van der Waals surface area contributed by atoms with Gasteiger partial charge in [0.1, 0.15) is 5.01 Å². The smallest absolute Gasteiger partial charge is 0.179 e. The monoisotopic (exact) mass is 265 g/mol. The number of hydrogen-bond donors (Lipinski definition) is 0. The first kappa shape index (κ1) is 10.1. The standard InChI is InChI=1S/C11H7NOS3/c13-7(5-11-12-2-4-15-11)9-6-10-8(16-9)1-3-14-10/h1-4,6H,5H2. The largest absolute Gasteiger partial charge is 0.293 e. The SMILES string of the molecule is O=C(Cc1nccs1)c1cc2sccc2s1. The zero-order valence-corrected chi connectivity index (χ0v) is 10.6. The van der Waals surface area contributed by atoms with Gasteiger partial charge in [-0.05, 0) is 17.5 Å². The van der Waals surface area contributed by atoms with Gasteiger partial charge >= 0.3 is 0 Å². The van der Waals surface area contributed by atoms with Gasteiger partial charge in [0.15, 0.2) is 5.78 Å². The average molecular weight is 265 g/mol. The third kappa shape index (κ3) is 1.81. The lowest BCUT2D eigenvalue weighted by atomic mass is 10.2. The number of ketones is 1. The lowest BCUT2D eigenvalue weighted by Crippen LogP contribution is -2.00. The first-order valence-corrected chi connectivity index (χ1v) is 7.29. The van der Waals surface area contributed by atoms with Crippen LogP contribution in [0.1, 0.15) is 14.7 Å². The van der Waals surface area contributed by atoms with E-state index in [9.17, 15) is 4.79 Å². The summed E-state index contributed by atoms with van der Waals surface area (Å²) in [6.45, 7) is 0. The molecule has 3 aromatic heterocycles. The number of nitrogens with zero attached hydrogens (tertiary/aromatic N) is 1. The van der Waals surface area contributed by atoms with E-state index in [0.29, 0.717) is 6.42 Å². The number of carbonyl (C=O) groups excluding carboxylic acids is 1. The average Bonchev–Trinajstić information content (AvgIpc) is 2.91. The van der Waals surface area contributed by atoms with E-state index in [1.807, 2.05) is 11.4 Å². The van der Waals surface area contributed by atoms with Gasteiger partial charge in [-0.15, -0.1) is 34.0 Å². The summed E-state index contributed by atoms with van der Waals surface area (Å²) in [5, 5.41) is 4.84. The van der Waals surface area contributed by atoms with Gasteiger partial charge in [-0.2, -0.15) is 0 Å². The Hall–Kier alpha value is -1.04. The maximum Gasteiger partial charge on any atom is 0.179 e. The zero-order chi connectivity index (χ0) is 11.0. The number of rotatable bonds is 3. The van der Waals surface area contributed by atoms with Gasteiger partial charge in [-0.25, -0.2) is 4.98 Å². The van der Waals surface area contributed by atoms with E-state index in [2.05, 4.69) is 16.4 Å². The van der Waals surface area contributed by atoms with Gasteiger partial charge in [-0.3, -0.25) is 4.79 Å². The van der Waals surface area contributed by atoms with Gasteiger partial charge in [-0.1, -0.05) is 0 Å². The van der Waals surface area contributed by atoms with Gasteiger partial charge < -0.3 is 0 Å². The first-order chi connectivity index (χ1) is 7.83. The number of hydrogen-bond acceptors (Lipinski definition) is 5. The minimum absolute atomic E-state index is 0.170. The van der Waals surface area contributed by atoms with Crippen molar-refractivity contribution >= 4 is 49.2 Å². The van der Waals surface area contributed by atoms with Crippen molar-refractivity contribution in [1.82, 2.24) is 4.98 Å². The number of Topliss-reactive ketones (excluding diaryl/α,β-unsaturated/α-hetero) is 1. The van der Waals surface area contributed by atoms with Crippen LogP contribution < -0.4 is 0 Å². The summed E-state index contributed by atoms with van der Waals surface area (Å²) in [7, 11) is 0. The second-order valence-corrected chi connectivity index (χ2v) is 6.30. The van der Waals surface area contributed by atoms with Gasteiger partial charge in [0.2, 0.25) is 0 Å². The molecule has 3 rings (SSSR count). The summed E-state index contributed by atoms with van der Waals surface area (Å²) >= 11 is 4.78. The maximum atomic E-state index is 12.0. The molecule has 0 amide bonds. The number of thiazole rings is 1. The highest BCUT2D eigenvalue weighted by atomic mass is 32.1. The van der Waals surface area contributed by atoms with Crippen molar-refractivity contribution in [2.24, 2.45) is 0 Å². The zero-order valence-electron chi connectivity index (χ0n) is 8.17. The van der Waals surface area contributed by atoms with Crippen molar-refractivity contribution < 1.29 is 4.79 Å².